The molecular weight excluding hydrogens is 124 g/mol. The standard InChI is InChI=1S/C4H8N2OS/c1-2(3(5)7)4(6)8/h8H,6H2,1H3,(H2,5,7). The zero-order valence-corrected chi connectivity index (χ0v) is 5.40. The molecule has 3 nitrogen and oxygen atoms in total. The Kier molecular flexibility index (Phi) is 2.41. The number of hydrogen-bond acceptors (Lipinski definition) is 3. The van der Waals surface area contributed by atoms with Crippen LogP contribution in [0.15, 0.2) is 10.6 Å². The molecule has 0 fully saturated rings. The van der Waals surface area contributed by atoms with E-state index < -0.39 is 5.91 Å². The number of thiol groups is 1. The van der Waals surface area contributed by atoms with E-state index in [0.717, 1.165) is 0 Å². The second-order valence-electron chi connectivity index (χ2n) is 1.37. The van der Waals surface area contributed by atoms with Crippen LogP contribution in [0.4, 0.5) is 0 Å². The largest absolute Gasteiger partial charge is 0.393 e. The number of amides is 1. The molecule has 0 saturated carbocycles. The van der Waals surface area contributed by atoms with E-state index in [0.29, 0.717) is 5.57 Å². The van der Waals surface area contributed by atoms with Crippen LogP contribution in [0.25, 0.3) is 0 Å². The molecule has 0 aromatic heterocycles. The maximum absolute atomic E-state index is 10.2. The number of carbonyl (C=O) groups excluding carboxylic acids is 1. The van der Waals surface area contributed by atoms with E-state index in [9.17, 15) is 4.79 Å². The number of hydrogen-bond donors (Lipinski definition) is 3. The zero-order valence-electron chi connectivity index (χ0n) is 4.51. The summed E-state index contributed by atoms with van der Waals surface area (Å²) in [7, 11) is 0. The van der Waals surface area contributed by atoms with E-state index in [1.807, 2.05) is 0 Å². The number of primary amides is 1. The van der Waals surface area contributed by atoms with Crippen molar-refractivity contribution < 1.29 is 4.79 Å². The van der Waals surface area contributed by atoms with Gasteiger partial charge in [0, 0.05) is 5.57 Å². The lowest BCUT2D eigenvalue weighted by molar-refractivity contribution is -0.114. The van der Waals surface area contributed by atoms with Crippen molar-refractivity contribution in [3.05, 3.63) is 10.6 Å². The molecule has 1 amide bonds. The van der Waals surface area contributed by atoms with Crippen LogP contribution in [0.3, 0.4) is 0 Å². The van der Waals surface area contributed by atoms with Gasteiger partial charge < -0.3 is 11.5 Å². The number of rotatable bonds is 1. The fraction of sp³-hybridized carbons (Fsp3) is 0.250. The highest BCUT2D eigenvalue weighted by molar-refractivity contribution is 7.84. The Hall–Kier alpha value is -0.640. The predicted molar refractivity (Wildman–Crippen MR) is 35.1 cm³/mol. The molecule has 0 unspecified atom stereocenters. The van der Waals surface area contributed by atoms with Crippen LogP contribution < -0.4 is 11.5 Å². The minimum absolute atomic E-state index is 0.178. The van der Waals surface area contributed by atoms with Crippen molar-refractivity contribution in [2.75, 3.05) is 0 Å². The van der Waals surface area contributed by atoms with Gasteiger partial charge in [0.2, 0.25) is 5.91 Å². The van der Waals surface area contributed by atoms with Gasteiger partial charge in [0.15, 0.2) is 0 Å². The molecule has 0 aliphatic rings. The molecule has 0 radical (unpaired) electrons. The molecule has 0 aromatic carbocycles. The minimum atomic E-state index is -0.530. The van der Waals surface area contributed by atoms with Gasteiger partial charge in [-0.3, -0.25) is 4.79 Å². The first kappa shape index (κ1) is 7.36. The average molecular weight is 132 g/mol. The summed E-state index contributed by atoms with van der Waals surface area (Å²) in [4.78, 5) is 10.2. The van der Waals surface area contributed by atoms with Gasteiger partial charge in [0.05, 0.1) is 5.03 Å². The second kappa shape index (κ2) is 2.61. The number of carbonyl (C=O) groups is 1. The van der Waals surface area contributed by atoms with Crippen LogP contribution >= 0.6 is 12.6 Å². The van der Waals surface area contributed by atoms with Crippen molar-refractivity contribution in [1.29, 1.82) is 0 Å². The van der Waals surface area contributed by atoms with Crippen LogP contribution in [0, 0.1) is 0 Å². The predicted octanol–water partition coefficient (Wildman–Crippen LogP) is -0.408. The Bertz CT molecular complexity index is 137. The lowest BCUT2D eigenvalue weighted by Crippen LogP contribution is -2.14. The molecule has 0 aromatic rings. The van der Waals surface area contributed by atoms with E-state index >= 15 is 0 Å². The molecule has 0 rings (SSSR count). The molecule has 0 aliphatic carbocycles. The summed E-state index contributed by atoms with van der Waals surface area (Å²) in [6.45, 7) is 1.52. The van der Waals surface area contributed by atoms with E-state index in [1.165, 1.54) is 6.92 Å². The minimum Gasteiger partial charge on any atom is -0.393 e. The molecule has 46 valence electrons. The van der Waals surface area contributed by atoms with Gasteiger partial charge in [0.25, 0.3) is 0 Å². The van der Waals surface area contributed by atoms with Gasteiger partial charge in [-0.25, -0.2) is 0 Å². The fourth-order valence-electron chi connectivity index (χ4n) is 0.126. The summed E-state index contributed by atoms with van der Waals surface area (Å²) in [5.41, 5.74) is 10.2. The molecule has 0 saturated heterocycles. The molecule has 0 heterocycles. The molecule has 0 atom stereocenters. The highest BCUT2D eigenvalue weighted by Gasteiger charge is 1.98. The van der Waals surface area contributed by atoms with Gasteiger partial charge in [-0.15, -0.1) is 12.6 Å². The van der Waals surface area contributed by atoms with Crippen LogP contribution in [0.5, 0.6) is 0 Å². The molecule has 0 bridgehead atoms. The molecule has 0 spiro atoms. The normalized spacial score (nSPS) is 12.8. The SMILES string of the molecule is CC(C(N)=O)=C(N)S. The molecule has 0 aliphatic heterocycles. The summed E-state index contributed by atoms with van der Waals surface area (Å²) in [6, 6.07) is 0. The highest BCUT2D eigenvalue weighted by atomic mass is 32.1. The quantitative estimate of drug-likeness (QED) is 0.335. The monoisotopic (exact) mass is 132 g/mol. The summed E-state index contributed by atoms with van der Waals surface area (Å²) in [6.07, 6.45) is 0. The van der Waals surface area contributed by atoms with Gasteiger partial charge in [-0.2, -0.15) is 0 Å². The van der Waals surface area contributed by atoms with Gasteiger partial charge in [-0.05, 0) is 6.92 Å². The van der Waals surface area contributed by atoms with Crippen molar-refractivity contribution >= 4 is 18.5 Å². The Morgan fingerprint density at radius 2 is 1.88 bits per heavy atom. The Morgan fingerprint density at radius 3 is 1.88 bits per heavy atom. The molecule has 4 heteroatoms. The van der Waals surface area contributed by atoms with Crippen molar-refractivity contribution in [2.45, 2.75) is 6.92 Å². The molecule has 8 heavy (non-hydrogen) atoms. The highest BCUT2D eigenvalue weighted by Crippen LogP contribution is 1.98. The lowest BCUT2D eigenvalue weighted by Gasteiger charge is -1.93. The van der Waals surface area contributed by atoms with Crippen molar-refractivity contribution in [3.8, 4) is 0 Å². The van der Waals surface area contributed by atoms with Crippen LogP contribution in [-0.2, 0) is 4.79 Å². The topological polar surface area (TPSA) is 69.1 Å². The zero-order chi connectivity index (χ0) is 6.73. The Morgan fingerprint density at radius 1 is 1.50 bits per heavy atom. The fourth-order valence-corrected chi connectivity index (χ4v) is 0.236. The van der Waals surface area contributed by atoms with Gasteiger partial charge in [0.1, 0.15) is 0 Å². The summed E-state index contributed by atoms with van der Waals surface area (Å²) in [5, 5.41) is 0.178. The van der Waals surface area contributed by atoms with Gasteiger partial charge >= 0.3 is 0 Å². The van der Waals surface area contributed by atoms with Gasteiger partial charge in [-0.1, -0.05) is 0 Å². The van der Waals surface area contributed by atoms with E-state index in [-0.39, 0.29) is 5.03 Å². The number of nitrogens with two attached hydrogens (primary N) is 2. The average Bonchev–Trinajstić information content (AvgIpc) is 1.64. The second-order valence-corrected chi connectivity index (χ2v) is 1.86. The maximum atomic E-state index is 10.2. The third kappa shape index (κ3) is 1.88. The molecular formula is C4H8N2OS. The van der Waals surface area contributed by atoms with E-state index in [4.69, 9.17) is 11.5 Å². The van der Waals surface area contributed by atoms with Crippen molar-refractivity contribution in [2.24, 2.45) is 11.5 Å². The first-order valence-electron chi connectivity index (χ1n) is 2.01. The summed E-state index contributed by atoms with van der Waals surface area (Å²) in [5.74, 6) is -0.530. The van der Waals surface area contributed by atoms with Crippen LogP contribution in [-0.4, -0.2) is 5.91 Å². The van der Waals surface area contributed by atoms with E-state index in [2.05, 4.69) is 12.6 Å². The van der Waals surface area contributed by atoms with Crippen LogP contribution in [0.1, 0.15) is 6.92 Å². The summed E-state index contributed by atoms with van der Waals surface area (Å²) >= 11 is 3.69. The van der Waals surface area contributed by atoms with Crippen molar-refractivity contribution in [1.82, 2.24) is 0 Å². The van der Waals surface area contributed by atoms with E-state index in [1.54, 1.807) is 0 Å². The third-order valence-corrected chi connectivity index (χ3v) is 1.09. The first-order valence-corrected chi connectivity index (χ1v) is 2.45. The Balaban J connectivity index is 4.23. The van der Waals surface area contributed by atoms with Crippen LogP contribution in [0.2, 0.25) is 0 Å². The molecule has 4 N–H and O–H groups in total. The lowest BCUT2D eigenvalue weighted by atomic mass is 10.3. The third-order valence-electron chi connectivity index (χ3n) is 0.754. The van der Waals surface area contributed by atoms with Crippen molar-refractivity contribution in [3.63, 3.8) is 0 Å². The first-order chi connectivity index (χ1) is 3.55. The summed E-state index contributed by atoms with van der Waals surface area (Å²) < 4.78 is 0. The maximum Gasteiger partial charge on any atom is 0.246 e. The smallest absolute Gasteiger partial charge is 0.246 e. The Labute approximate surface area is 53.1 Å².